The molecule has 0 saturated heterocycles. The number of nitrogens with one attached hydrogen (secondary N) is 2. The molecule has 0 aliphatic carbocycles. The predicted molar refractivity (Wildman–Crippen MR) is 91.1 cm³/mol. The molecule has 2 rings (SSSR count). The molecule has 0 aliphatic heterocycles. The van der Waals surface area contributed by atoms with Gasteiger partial charge >= 0.3 is 5.97 Å². The number of aryl methyl sites for hydroxylation is 1. The normalized spacial score (nSPS) is 10.0. The molecule has 0 heterocycles. The van der Waals surface area contributed by atoms with Gasteiger partial charge in [0.1, 0.15) is 0 Å². The topological polar surface area (TPSA) is 95.5 Å². The summed E-state index contributed by atoms with van der Waals surface area (Å²) in [7, 11) is 0. The minimum Gasteiger partial charge on any atom is -0.481 e. The standard InChI is InChI=1S/C18H18N2O4/c1-12-5-7-13(8-6-12)18(24)20-15-4-2-3-14(11-15)19-16(21)9-10-17(22)23/h2-8,11H,9-10H2,1H3,(H,19,21)(H,20,24)(H,22,23). The largest absolute Gasteiger partial charge is 0.481 e. The van der Waals surface area contributed by atoms with Gasteiger partial charge in [-0.25, -0.2) is 0 Å². The van der Waals surface area contributed by atoms with Crippen molar-refractivity contribution in [2.75, 3.05) is 10.6 Å². The van der Waals surface area contributed by atoms with Crippen molar-refractivity contribution in [2.24, 2.45) is 0 Å². The third-order valence-electron chi connectivity index (χ3n) is 3.28. The highest BCUT2D eigenvalue weighted by molar-refractivity contribution is 6.04. The number of amides is 2. The van der Waals surface area contributed by atoms with Crippen molar-refractivity contribution >= 4 is 29.2 Å². The molecule has 0 fully saturated rings. The third-order valence-corrected chi connectivity index (χ3v) is 3.28. The lowest BCUT2D eigenvalue weighted by Crippen LogP contribution is -2.14. The predicted octanol–water partition coefficient (Wildman–Crippen LogP) is 3.05. The molecule has 0 aliphatic rings. The van der Waals surface area contributed by atoms with Crippen molar-refractivity contribution in [2.45, 2.75) is 19.8 Å². The molecule has 24 heavy (non-hydrogen) atoms. The lowest BCUT2D eigenvalue weighted by molar-refractivity contribution is -0.138. The zero-order valence-corrected chi connectivity index (χ0v) is 13.2. The SMILES string of the molecule is Cc1ccc(C(=O)Nc2cccc(NC(=O)CCC(=O)O)c2)cc1. The first-order valence-electron chi connectivity index (χ1n) is 7.44. The maximum atomic E-state index is 12.2. The van der Waals surface area contributed by atoms with E-state index in [2.05, 4.69) is 10.6 Å². The van der Waals surface area contributed by atoms with E-state index in [1.807, 2.05) is 19.1 Å². The van der Waals surface area contributed by atoms with Crippen LogP contribution in [-0.4, -0.2) is 22.9 Å². The van der Waals surface area contributed by atoms with Gasteiger partial charge in [0.15, 0.2) is 0 Å². The Kier molecular flexibility index (Phi) is 5.68. The van der Waals surface area contributed by atoms with E-state index in [1.165, 1.54) is 0 Å². The molecule has 3 N–H and O–H groups in total. The highest BCUT2D eigenvalue weighted by atomic mass is 16.4. The van der Waals surface area contributed by atoms with Gasteiger partial charge in [-0.1, -0.05) is 23.8 Å². The summed E-state index contributed by atoms with van der Waals surface area (Å²) in [5.41, 5.74) is 2.64. The summed E-state index contributed by atoms with van der Waals surface area (Å²) < 4.78 is 0. The number of carbonyl (C=O) groups is 3. The monoisotopic (exact) mass is 326 g/mol. The van der Waals surface area contributed by atoms with Crippen molar-refractivity contribution in [3.05, 3.63) is 59.7 Å². The van der Waals surface area contributed by atoms with E-state index in [4.69, 9.17) is 5.11 Å². The second-order valence-electron chi connectivity index (χ2n) is 5.34. The van der Waals surface area contributed by atoms with Gasteiger partial charge in [-0.3, -0.25) is 14.4 Å². The number of carbonyl (C=O) groups excluding carboxylic acids is 2. The Balaban J connectivity index is 1.99. The van der Waals surface area contributed by atoms with Gasteiger partial charge in [-0.15, -0.1) is 0 Å². The number of hydrogen-bond donors (Lipinski definition) is 3. The molecule has 6 nitrogen and oxygen atoms in total. The summed E-state index contributed by atoms with van der Waals surface area (Å²) >= 11 is 0. The van der Waals surface area contributed by atoms with Crippen molar-refractivity contribution in [1.29, 1.82) is 0 Å². The molecular weight excluding hydrogens is 308 g/mol. The number of rotatable bonds is 6. The quantitative estimate of drug-likeness (QED) is 0.760. The van der Waals surface area contributed by atoms with Crippen LogP contribution in [0.4, 0.5) is 11.4 Å². The molecule has 2 amide bonds. The van der Waals surface area contributed by atoms with E-state index >= 15 is 0 Å². The van der Waals surface area contributed by atoms with Crippen LogP contribution in [0.5, 0.6) is 0 Å². The van der Waals surface area contributed by atoms with E-state index < -0.39 is 5.97 Å². The van der Waals surface area contributed by atoms with Crippen LogP contribution in [0.15, 0.2) is 48.5 Å². The fraction of sp³-hybridized carbons (Fsp3) is 0.167. The molecule has 2 aromatic carbocycles. The zero-order valence-electron chi connectivity index (χ0n) is 13.2. The molecule has 0 unspecified atom stereocenters. The molecule has 0 spiro atoms. The van der Waals surface area contributed by atoms with Crippen molar-refractivity contribution in [3.63, 3.8) is 0 Å². The van der Waals surface area contributed by atoms with Crippen LogP contribution in [0, 0.1) is 6.92 Å². The molecule has 0 atom stereocenters. The van der Waals surface area contributed by atoms with Crippen LogP contribution in [-0.2, 0) is 9.59 Å². The number of hydrogen-bond acceptors (Lipinski definition) is 3. The summed E-state index contributed by atoms with van der Waals surface area (Å²) in [6.07, 6.45) is -0.328. The first-order chi connectivity index (χ1) is 11.4. The lowest BCUT2D eigenvalue weighted by atomic mass is 10.1. The third kappa shape index (κ3) is 5.24. The average molecular weight is 326 g/mol. The second kappa shape index (κ2) is 7.92. The summed E-state index contributed by atoms with van der Waals surface area (Å²) in [6, 6.07) is 13.9. The van der Waals surface area contributed by atoms with Gasteiger partial charge in [0.2, 0.25) is 5.91 Å². The smallest absolute Gasteiger partial charge is 0.303 e. The molecule has 0 bridgehead atoms. The Morgan fingerprint density at radius 3 is 2.17 bits per heavy atom. The molecule has 2 aromatic rings. The highest BCUT2D eigenvalue weighted by Gasteiger charge is 2.08. The van der Waals surface area contributed by atoms with Crippen molar-refractivity contribution in [1.82, 2.24) is 0 Å². The Bertz CT molecular complexity index is 754. The molecule has 0 saturated carbocycles. The lowest BCUT2D eigenvalue weighted by Gasteiger charge is -2.09. The van der Waals surface area contributed by atoms with Crippen molar-refractivity contribution in [3.8, 4) is 0 Å². The summed E-state index contributed by atoms with van der Waals surface area (Å²) in [5, 5.41) is 13.9. The Hall–Kier alpha value is -3.15. The van der Waals surface area contributed by atoms with Crippen LogP contribution < -0.4 is 10.6 Å². The molecule has 124 valence electrons. The molecule has 6 heteroatoms. The van der Waals surface area contributed by atoms with Gasteiger partial charge in [0.25, 0.3) is 5.91 Å². The minimum atomic E-state index is -1.02. The average Bonchev–Trinajstić information content (AvgIpc) is 2.54. The summed E-state index contributed by atoms with van der Waals surface area (Å²) in [4.78, 5) is 34.3. The van der Waals surface area contributed by atoms with Crippen LogP contribution in [0.2, 0.25) is 0 Å². The number of carboxylic acid groups (broad SMARTS) is 1. The highest BCUT2D eigenvalue weighted by Crippen LogP contribution is 2.16. The molecular formula is C18H18N2O4. The Morgan fingerprint density at radius 1 is 0.917 bits per heavy atom. The summed E-state index contributed by atoms with van der Waals surface area (Å²) in [6.45, 7) is 1.94. The van der Waals surface area contributed by atoms with Crippen LogP contribution in [0.25, 0.3) is 0 Å². The van der Waals surface area contributed by atoms with E-state index in [9.17, 15) is 14.4 Å². The fourth-order valence-electron chi connectivity index (χ4n) is 2.03. The second-order valence-corrected chi connectivity index (χ2v) is 5.34. The van der Waals surface area contributed by atoms with Gasteiger partial charge in [-0.05, 0) is 37.3 Å². The van der Waals surface area contributed by atoms with E-state index in [-0.39, 0.29) is 24.7 Å². The molecule has 0 aromatic heterocycles. The Morgan fingerprint density at radius 2 is 1.54 bits per heavy atom. The van der Waals surface area contributed by atoms with E-state index in [1.54, 1.807) is 36.4 Å². The molecule has 0 radical (unpaired) electrons. The minimum absolute atomic E-state index is 0.102. The summed E-state index contributed by atoms with van der Waals surface area (Å²) in [5.74, 6) is -1.66. The van der Waals surface area contributed by atoms with Gasteiger partial charge in [-0.2, -0.15) is 0 Å². The number of anilines is 2. The Labute approximate surface area is 139 Å². The number of benzene rings is 2. The first kappa shape index (κ1) is 17.2. The maximum Gasteiger partial charge on any atom is 0.303 e. The van der Waals surface area contributed by atoms with Crippen molar-refractivity contribution < 1.29 is 19.5 Å². The van der Waals surface area contributed by atoms with Crippen LogP contribution in [0.1, 0.15) is 28.8 Å². The zero-order chi connectivity index (χ0) is 17.5. The van der Waals surface area contributed by atoms with Gasteiger partial charge < -0.3 is 15.7 Å². The number of carboxylic acids is 1. The first-order valence-corrected chi connectivity index (χ1v) is 7.44. The van der Waals surface area contributed by atoms with Crippen LogP contribution in [0.3, 0.4) is 0 Å². The van der Waals surface area contributed by atoms with E-state index in [0.29, 0.717) is 16.9 Å². The van der Waals surface area contributed by atoms with Gasteiger partial charge in [0, 0.05) is 23.4 Å². The van der Waals surface area contributed by atoms with Crippen LogP contribution >= 0.6 is 0 Å². The van der Waals surface area contributed by atoms with Gasteiger partial charge in [0.05, 0.1) is 6.42 Å². The van der Waals surface area contributed by atoms with E-state index in [0.717, 1.165) is 5.56 Å². The maximum absolute atomic E-state index is 12.2. The fourth-order valence-corrected chi connectivity index (χ4v) is 2.03. The number of aliphatic carboxylic acids is 1.